The van der Waals surface area contributed by atoms with Crippen LogP contribution in [0.2, 0.25) is 0 Å². The van der Waals surface area contributed by atoms with Crippen LogP contribution < -0.4 is 24.3 Å². The first kappa shape index (κ1) is 15.8. The fourth-order valence-electron chi connectivity index (χ4n) is 3.20. The van der Waals surface area contributed by atoms with Gasteiger partial charge in [-0.15, -0.1) is 0 Å². The minimum absolute atomic E-state index is 0.130. The molecule has 27 heavy (non-hydrogen) atoms. The van der Waals surface area contributed by atoms with Crippen LogP contribution in [0.5, 0.6) is 23.0 Å². The molecule has 0 radical (unpaired) electrons. The van der Waals surface area contributed by atoms with Crippen LogP contribution in [0.3, 0.4) is 0 Å². The number of aromatic nitrogens is 2. The van der Waals surface area contributed by atoms with Crippen molar-refractivity contribution in [1.29, 1.82) is 0 Å². The molecule has 2 aliphatic rings. The maximum Gasteiger partial charge on any atom is 0.244 e. The molecule has 0 bridgehead atoms. The Labute approximate surface area is 154 Å². The average Bonchev–Trinajstić information content (AvgIpc) is 3.07. The van der Waals surface area contributed by atoms with E-state index in [9.17, 15) is 4.79 Å². The van der Waals surface area contributed by atoms with E-state index in [1.54, 1.807) is 29.1 Å². The molecule has 8 nitrogen and oxygen atoms in total. The minimum Gasteiger partial charge on any atom is -0.486 e. The molecule has 5 rings (SSSR count). The molecule has 0 aliphatic carbocycles. The molecule has 0 saturated heterocycles. The van der Waals surface area contributed by atoms with Gasteiger partial charge in [0.25, 0.3) is 0 Å². The third kappa shape index (κ3) is 2.99. The predicted octanol–water partition coefficient (Wildman–Crippen LogP) is 2.22. The first-order chi connectivity index (χ1) is 13.3. The van der Waals surface area contributed by atoms with E-state index in [1.165, 1.54) is 0 Å². The smallest absolute Gasteiger partial charge is 0.244 e. The number of hydrogen-bond donors (Lipinski definition) is 1. The van der Waals surface area contributed by atoms with Crippen molar-refractivity contribution < 1.29 is 23.7 Å². The van der Waals surface area contributed by atoms with Crippen molar-refractivity contribution in [2.24, 2.45) is 0 Å². The highest BCUT2D eigenvalue weighted by molar-refractivity contribution is 5.92. The maximum atomic E-state index is 12.5. The molecule has 0 fully saturated rings. The lowest BCUT2D eigenvalue weighted by atomic mass is 10.2. The standard InChI is InChI=1S/C19H17N3O5/c23-19(21-12-1-2-15-16(7-12)25-4-3-24-15)10-22-11-20-13-8-17-18(9-14(13)22)27-6-5-26-17/h1-2,7-9,11H,3-6,10H2,(H,21,23). The quantitative estimate of drug-likeness (QED) is 0.764. The zero-order valence-electron chi connectivity index (χ0n) is 14.4. The Morgan fingerprint density at radius 3 is 2.37 bits per heavy atom. The molecule has 0 atom stereocenters. The third-order valence-electron chi connectivity index (χ3n) is 4.42. The van der Waals surface area contributed by atoms with Gasteiger partial charge in [-0.2, -0.15) is 0 Å². The zero-order valence-corrected chi connectivity index (χ0v) is 14.4. The average molecular weight is 367 g/mol. The second-order valence-corrected chi connectivity index (χ2v) is 6.26. The Hall–Kier alpha value is -3.42. The van der Waals surface area contributed by atoms with Gasteiger partial charge in [0.15, 0.2) is 23.0 Å². The van der Waals surface area contributed by atoms with E-state index in [0.717, 1.165) is 11.0 Å². The van der Waals surface area contributed by atoms with Crippen molar-refractivity contribution in [2.45, 2.75) is 6.54 Å². The number of carbonyl (C=O) groups is 1. The molecule has 3 aromatic rings. The number of carbonyl (C=O) groups excluding carboxylic acids is 1. The highest BCUT2D eigenvalue weighted by Gasteiger charge is 2.17. The molecule has 0 unspecified atom stereocenters. The van der Waals surface area contributed by atoms with Crippen LogP contribution in [0.1, 0.15) is 0 Å². The van der Waals surface area contributed by atoms with E-state index < -0.39 is 0 Å². The lowest BCUT2D eigenvalue weighted by Gasteiger charge is -2.19. The van der Waals surface area contributed by atoms with Gasteiger partial charge in [0.1, 0.15) is 33.0 Å². The molecular weight excluding hydrogens is 350 g/mol. The van der Waals surface area contributed by atoms with Gasteiger partial charge in [0, 0.05) is 23.9 Å². The number of benzene rings is 2. The summed E-state index contributed by atoms with van der Waals surface area (Å²) in [6.45, 7) is 2.20. The first-order valence-electron chi connectivity index (χ1n) is 8.70. The van der Waals surface area contributed by atoms with E-state index >= 15 is 0 Å². The van der Waals surface area contributed by atoms with Gasteiger partial charge in [-0.1, -0.05) is 0 Å². The van der Waals surface area contributed by atoms with Crippen molar-refractivity contribution in [3.8, 4) is 23.0 Å². The molecule has 1 aromatic heterocycles. The zero-order chi connectivity index (χ0) is 18.2. The normalized spacial score (nSPS) is 14.8. The lowest BCUT2D eigenvalue weighted by molar-refractivity contribution is -0.116. The number of nitrogens with one attached hydrogen (secondary N) is 1. The monoisotopic (exact) mass is 367 g/mol. The van der Waals surface area contributed by atoms with Crippen LogP contribution in [0.25, 0.3) is 11.0 Å². The van der Waals surface area contributed by atoms with Gasteiger partial charge in [-0.3, -0.25) is 4.79 Å². The summed E-state index contributed by atoms with van der Waals surface area (Å²) < 4.78 is 24.0. The molecule has 0 spiro atoms. The molecule has 138 valence electrons. The number of imidazole rings is 1. The number of hydrogen-bond acceptors (Lipinski definition) is 6. The van der Waals surface area contributed by atoms with Gasteiger partial charge in [0.05, 0.1) is 17.4 Å². The number of fused-ring (bicyclic) bond motifs is 3. The number of rotatable bonds is 3. The van der Waals surface area contributed by atoms with E-state index in [1.807, 2.05) is 12.1 Å². The molecular formula is C19H17N3O5. The van der Waals surface area contributed by atoms with Gasteiger partial charge in [-0.25, -0.2) is 4.98 Å². The van der Waals surface area contributed by atoms with Crippen molar-refractivity contribution in [3.63, 3.8) is 0 Å². The van der Waals surface area contributed by atoms with Gasteiger partial charge < -0.3 is 28.8 Å². The Kier molecular flexibility index (Phi) is 3.74. The largest absolute Gasteiger partial charge is 0.486 e. The Bertz CT molecular complexity index is 1030. The number of ether oxygens (including phenoxy) is 4. The van der Waals surface area contributed by atoms with Crippen LogP contribution in [0.15, 0.2) is 36.7 Å². The number of nitrogens with zero attached hydrogens (tertiary/aromatic N) is 2. The van der Waals surface area contributed by atoms with E-state index in [4.69, 9.17) is 18.9 Å². The molecule has 2 aromatic carbocycles. The Balaban J connectivity index is 1.35. The SMILES string of the molecule is O=C(Cn1cnc2cc3c(cc21)OCCO3)Nc1ccc2c(c1)OCCO2. The second-order valence-electron chi connectivity index (χ2n) is 6.26. The lowest BCUT2D eigenvalue weighted by Crippen LogP contribution is -2.19. The van der Waals surface area contributed by atoms with Crippen LogP contribution in [0, 0.1) is 0 Å². The summed E-state index contributed by atoms with van der Waals surface area (Å²) in [5.41, 5.74) is 2.23. The Morgan fingerprint density at radius 2 is 1.59 bits per heavy atom. The number of amides is 1. The Morgan fingerprint density at radius 1 is 0.926 bits per heavy atom. The van der Waals surface area contributed by atoms with Crippen LogP contribution in [-0.2, 0) is 11.3 Å². The van der Waals surface area contributed by atoms with Gasteiger partial charge in [0.2, 0.25) is 5.91 Å². The summed E-state index contributed by atoms with van der Waals surface area (Å²) in [7, 11) is 0. The van der Waals surface area contributed by atoms with Crippen molar-refractivity contribution >= 4 is 22.6 Å². The molecule has 1 amide bonds. The number of anilines is 1. The topological polar surface area (TPSA) is 83.8 Å². The maximum absolute atomic E-state index is 12.5. The summed E-state index contributed by atoms with van der Waals surface area (Å²) in [4.78, 5) is 16.8. The van der Waals surface area contributed by atoms with Crippen molar-refractivity contribution in [1.82, 2.24) is 9.55 Å². The second kappa shape index (κ2) is 6.39. The summed E-state index contributed by atoms with van der Waals surface area (Å²) in [6.07, 6.45) is 1.64. The van der Waals surface area contributed by atoms with Gasteiger partial charge in [-0.05, 0) is 12.1 Å². The summed E-state index contributed by atoms with van der Waals surface area (Å²) in [6, 6.07) is 9.03. The fourth-order valence-corrected chi connectivity index (χ4v) is 3.20. The molecule has 2 aliphatic heterocycles. The first-order valence-corrected chi connectivity index (χ1v) is 8.70. The summed E-state index contributed by atoms with van der Waals surface area (Å²) >= 11 is 0. The fraction of sp³-hybridized carbons (Fsp3) is 0.263. The third-order valence-corrected chi connectivity index (χ3v) is 4.42. The van der Waals surface area contributed by atoms with Crippen molar-refractivity contribution in [3.05, 3.63) is 36.7 Å². The van der Waals surface area contributed by atoms with E-state index in [2.05, 4.69) is 10.3 Å². The van der Waals surface area contributed by atoms with E-state index in [0.29, 0.717) is 55.1 Å². The minimum atomic E-state index is -0.166. The molecule has 3 heterocycles. The van der Waals surface area contributed by atoms with Crippen LogP contribution in [-0.4, -0.2) is 41.9 Å². The summed E-state index contributed by atoms with van der Waals surface area (Å²) in [5, 5.41) is 2.88. The van der Waals surface area contributed by atoms with Crippen molar-refractivity contribution in [2.75, 3.05) is 31.7 Å². The highest BCUT2D eigenvalue weighted by Crippen LogP contribution is 2.34. The highest BCUT2D eigenvalue weighted by atomic mass is 16.6. The van der Waals surface area contributed by atoms with Gasteiger partial charge >= 0.3 is 0 Å². The van der Waals surface area contributed by atoms with E-state index in [-0.39, 0.29) is 12.5 Å². The molecule has 0 saturated carbocycles. The predicted molar refractivity (Wildman–Crippen MR) is 96.8 cm³/mol. The van der Waals surface area contributed by atoms with Crippen LogP contribution >= 0.6 is 0 Å². The summed E-state index contributed by atoms with van der Waals surface area (Å²) in [5.74, 6) is 2.51. The molecule has 1 N–H and O–H groups in total. The molecule has 8 heteroatoms. The van der Waals surface area contributed by atoms with Crippen LogP contribution in [0.4, 0.5) is 5.69 Å².